The third kappa shape index (κ3) is 5.04. The number of carboxylic acid groups (broad SMARTS) is 1. The second-order valence-electron chi connectivity index (χ2n) is 9.52. The summed E-state index contributed by atoms with van der Waals surface area (Å²) >= 11 is 6.00. The van der Waals surface area contributed by atoms with Crippen molar-refractivity contribution in [3.05, 3.63) is 58.4 Å². The Morgan fingerprint density at radius 3 is 2.62 bits per heavy atom. The van der Waals surface area contributed by atoms with Gasteiger partial charge in [0, 0.05) is 24.2 Å². The van der Waals surface area contributed by atoms with Gasteiger partial charge in [-0.1, -0.05) is 24.4 Å². The average molecular weight is 531 g/mol. The van der Waals surface area contributed by atoms with E-state index in [9.17, 15) is 19.2 Å². The van der Waals surface area contributed by atoms with Crippen molar-refractivity contribution < 1.29 is 33.4 Å². The Morgan fingerprint density at radius 2 is 1.95 bits per heavy atom. The number of benzene rings is 2. The summed E-state index contributed by atoms with van der Waals surface area (Å²) in [6, 6.07) is 7.85. The van der Waals surface area contributed by atoms with Gasteiger partial charge in [-0.15, -0.1) is 0 Å². The molecule has 1 saturated heterocycles. The van der Waals surface area contributed by atoms with E-state index in [0.29, 0.717) is 18.0 Å². The van der Waals surface area contributed by atoms with E-state index in [4.69, 9.17) is 21.4 Å². The molecular formula is C25H24ClFN4O6. The Labute approximate surface area is 216 Å². The zero-order valence-electron chi connectivity index (χ0n) is 19.6. The van der Waals surface area contributed by atoms with Crippen LogP contribution < -0.4 is 16.0 Å². The highest BCUT2D eigenvalue weighted by Gasteiger charge is 2.51. The van der Waals surface area contributed by atoms with Gasteiger partial charge in [0.05, 0.1) is 22.8 Å². The van der Waals surface area contributed by atoms with Gasteiger partial charge in [-0.25, -0.2) is 14.0 Å². The van der Waals surface area contributed by atoms with Gasteiger partial charge in [0.2, 0.25) is 5.91 Å². The molecule has 4 N–H and O–H groups in total. The first-order valence-corrected chi connectivity index (χ1v) is 12.2. The Morgan fingerprint density at radius 1 is 1.22 bits per heavy atom. The summed E-state index contributed by atoms with van der Waals surface area (Å²) in [5.41, 5.74) is -0.464. The number of ether oxygens (including phenoxy) is 1. The van der Waals surface area contributed by atoms with E-state index in [2.05, 4.69) is 16.0 Å². The molecule has 0 aromatic heterocycles. The highest BCUT2D eigenvalue weighted by atomic mass is 35.5. The molecule has 10 nitrogen and oxygen atoms in total. The molecule has 1 aliphatic carbocycles. The normalized spacial score (nSPS) is 21.0. The third-order valence-electron chi connectivity index (χ3n) is 6.89. The van der Waals surface area contributed by atoms with Crippen LogP contribution in [0.5, 0.6) is 0 Å². The summed E-state index contributed by atoms with van der Waals surface area (Å²) in [5.74, 6) is -1.23. The topological polar surface area (TPSA) is 137 Å². The van der Waals surface area contributed by atoms with Crippen LogP contribution in [-0.4, -0.2) is 53.1 Å². The van der Waals surface area contributed by atoms with Crippen molar-refractivity contribution in [1.82, 2.24) is 10.2 Å². The number of nitrogens with zero attached hydrogens (tertiary/aromatic N) is 1. The van der Waals surface area contributed by atoms with Crippen molar-refractivity contribution in [1.29, 1.82) is 0 Å². The first-order valence-electron chi connectivity index (χ1n) is 11.8. The molecule has 1 spiro atoms. The molecular weight excluding hydrogens is 507 g/mol. The quantitative estimate of drug-likeness (QED) is 0.442. The minimum Gasteiger partial charge on any atom is -0.465 e. The lowest BCUT2D eigenvalue weighted by Crippen LogP contribution is -2.50. The third-order valence-corrected chi connectivity index (χ3v) is 7.18. The van der Waals surface area contributed by atoms with E-state index >= 15 is 4.39 Å². The van der Waals surface area contributed by atoms with Crippen LogP contribution in [0, 0.1) is 11.7 Å². The van der Waals surface area contributed by atoms with Crippen LogP contribution in [0.1, 0.15) is 41.6 Å². The molecule has 2 fully saturated rings. The summed E-state index contributed by atoms with van der Waals surface area (Å²) in [4.78, 5) is 51.0. The van der Waals surface area contributed by atoms with Gasteiger partial charge in [0.25, 0.3) is 5.91 Å². The fourth-order valence-corrected chi connectivity index (χ4v) is 5.08. The van der Waals surface area contributed by atoms with Gasteiger partial charge in [0.15, 0.2) is 11.4 Å². The lowest BCUT2D eigenvalue weighted by molar-refractivity contribution is -0.133. The number of anilines is 2. The number of amides is 4. The number of fused-ring (bicyclic) bond motifs is 2. The SMILES string of the molecule is O=C(O)Nc1ccc(C(=O)N[C@@H](CC2CC2)C(=O)N2CC[C@@]3(C2)OC(=O)Nc2ccc(Cl)c(F)c23)cc1. The number of likely N-dealkylation sites (tertiary alicyclic amines) is 1. The van der Waals surface area contributed by atoms with E-state index in [1.165, 1.54) is 41.3 Å². The molecule has 0 bridgehead atoms. The molecule has 0 unspecified atom stereocenters. The Balaban J connectivity index is 1.34. The highest BCUT2D eigenvalue weighted by Crippen LogP contribution is 2.46. The smallest absolute Gasteiger partial charge is 0.412 e. The Hall–Kier alpha value is -3.86. The number of carbonyl (C=O) groups excluding carboxylic acids is 3. The van der Waals surface area contributed by atoms with E-state index in [-0.39, 0.29) is 47.3 Å². The monoisotopic (exact) mass is 530 g/mol. The second-order valence-corrected chi connectivity index (χ2v) is 9.92. The zero-order chi connectivity index (χ0) is 26.3. The fourth-order valence-electron chi connectivity index (χ4n) is 4.92. The number of carbonyl (C=O) groups is 4. The number of rotatable bonds is 6. The zero-order valence-corrected chi connectivity index (χ0v) is 20.3. The summed E-state index contributed by atoms with van der Waals surface area (Å²) in [6.45, 7) is 0.125. The predicted molar refractivity (Wildman–Crippen MR) is 131 cm³/mol. The minimum absolute atomic E-state index is 0.0733. The van der Waals surface area contributed by atoms with Crippen LogP contribution in [0.2, 0.25) is 5.02 Å². The van der Waals surface area contributed by atoms with Crippen LogP contribution in [0.25, 0.3) is 0 Å². The number of hydrogen-bond donors (Lipinski definition) is 4. The first kappa shape index (κ1) is 24.8. The van der Waals surface area contributed by atoms with Crippen LogP contribution in [0.15, 0.2) is 36.4 Å². The summed E-state index contributed by atoms with van der Waals surface area (Å²) in [5, 5.41) is 16.2. The molecule has 0 radical (unpaired) electrons. The van der Waals surface area contributed by atoms with E-state index in [0.717, 1.165) is 12.8 Å². The molecule has 12 heteroatoms. The number of hydrogen-bond acceptors (Lipinski definition) is 5. The maximum atomic E-state index is 15.1. The molecule has 2 heterocycles. The van der Waals surface area contributed by atoms with Crippen LogP contribution >= 0.6 is 11.6 Å². The molecule has 2 atom stereocenters. The molecule has 2 aliphatic heterocycles. The van der Waals surface area contributed by atoms with Crippen LogP contribution in [0.3, 0.4) is 0 Å². The van der Waals surface area contributed by atoms with Gasteiger partial charge in [-0.05, 0) is 48.7 Å². The van der Waals surface area contributed by atoms with Crippen molar-refractivity contribution >= 4 is 47.0 Å². The maximum absolute atomic E-state index is 15.1. The molecule has 194 valence electrons. The van der Waals surface area contributed by atoms with Crippen molar-refractivity contribution in [3.63, 3.8) is 0 Å². The van der Waals surface area contributed by atoms with Gasteiger partial charge in [0.1, 0.15) is 6.04 Å². The fraction of sp³-hybridized carbons (Fsp3) is 0.360. The summed E-state index contributed by atoms with van der Waals surface area (Å²) in [6.07, 6.45) is 0.578. The standard InChI is InChI=1S/C25H24ClFN4O6/c26-16-7-8-17-19(20(16)27)25(37-24(36)30-17)9-10-31(12-25)22(33)18(11-13-1-2-13)29-21(32)14-3-5-15(6-4-14)28-23(34)35/h3-8,13,18,28H,1-2,9-12H2,(H,29,32)(H,30,36)(H,34,35)/t18-,25-/m0/s1. The lowest BCUT2D eigenvalue weighted by atomic mass is 9.89. The molecule has 1 saturated carbocycles. The molecule has 3 aliphatic rings. The highest BCUT2D eigenvalue weighted by molar-refractivity contribution is 6.31. The maximum Gasteiger partial charge on any atom is 0.412 e. The van der Waals surface area contributed by atoms with Gasteiger partial charge in [-0.3, -0.25) is 20.2 Å². The molecule has 4 amide bonds. The number of halogens is 2. The van der Waals surface area contributed by atoms with Gasteiger partial charge < -0.3 is 20.1 Å². The molecule has 5 rings (SSSR count). The average Bonchev–Trinajstić information content (AvgIpc) is 3.58. The van der Waals surface area contributed by atoms with Crippen molar-refractivity contribution in [2.75, 3.05) is 23.7 Å². The molecule has 37 heavy (non-hydrogen) atoms. The predicted octanol–water partition coefficient (Wildman–Crippen LogP) is 4.16. The van der Waals surface area contributed by atoms with Gasteiger partial charge >= 0.3 is 12.2 Å². The largest absolute Gasteiger partial charge is 0.465 e. The van der Waals surface area contributed by atoms with Crippen molar-refractivity contribution in [2.45, 2.75) is 37.3 Å². The van der Waals surface area contributed by atoms with E-state index in [1.807, 2.05) is 0 Å². The van der Waals surface area contributed by atoms with Crippen LogP contribution in [-0.2, 0) is 15.1 Å². The van der Waals surface area contributed by atoms with Gasteiger partial charge in [-0.2, -0.15) is 0 Å². The van der Waals surface area contributed by atoms with E-state index < -0.39 is 35.6 Å². The number of nitrogens with one attached hydrogen (secondary N) is 3. The molecule has 2 aromatic rings. The van der Waals surface area contributed by atoms with E-state index in [1.54, 1.807) is 0 Å². The lowest BCUT2D eigenvalue weighted by Gasteiger charge is -2.36. The van der Waals surface area contributed by atoms with Crippen LogP contribution in [0.4, 0.5) is 25.4 Å². The second kappa shape index (κ2) is 9.55. The Bertz CT molecular complexity index is 1280. The molecule has 2 aromatic carbocycles. The summed E-state index contributed by atoms with van der Waals surface area (Å²) < 4.78 is 20.6. The minimum atomic E-state index is -1.39. The summed E-state index contributed by atoms with van der Waals surface area (Å²) in [7, 11) is 0. The first-order chi connectivity index (χ1) is 17.6. The van der Waals surface area contributed by atoms with Crippen molar-refractivity contribution in [2.24, 2.45) is 5.92 Å². The van der Waals surface area contributed by atoms with Crippen molar-refractivity contribution in [3.8, 4) is 0 Å². The Kier molecular flexibility index (Phi) is 6.40.